The van der Waals surface area contributed by atoms with Gasteiger partial charge in [0.1, 0.15) is 11.6 Å². The molecule has 29 heavy (non-hydrogen) atoms. The minimum atomic E-state index is -4.53. The minimum Gasteiger partial charge on any atom is -0.321 e. The lowest BCUT2D eigenvalue weighted by Gasteiger charge is -2.09. The van der Waals surface area contributed by atoms with Crippen molar-refractivity contribution in [3.05, 3.63) is 77.0 Å². The van der Waals surface area contributed by atoms with E-state index >= 15 is 0 Å². The number of H-pyrrole nitrogens is 1. The summed E-state index contributed by atoms with van der Waals surface area (Å²) in [6, 6.07) is 13.5. The van der Waals surface area contributed by atoms with Gasteiger partial charge in [-0.2, -0.15) is 23.5 Å². The second-order valence-electron chi connectivity index (χ2n) is 6.27. The van der Waals surface area contributed by atoms with E-state index in [0.717, 1.165) is 23.3 Å². The Morgan fingerprint density at radius 3 is 2.59 bits per heavy atom. The van der Waals surface area contributed by atoms with Crippen molar-refractivity contribution in [2.24, 2.45) is 0 Å². The van der Waals surface area contributed by atoms with E-state index in [1.54, 1.807) is 6.07 Å². The fourth-order valence-electron chi connectivity index (χ4n) is 2.63. The lowest BCUT2D eigenvalue weighted by molar-refractivity contribution is -0.137. The van der Waals surface area contributed by atoms with E-state index in [0.29, 0.717) is 11.3 Å². The molecule has 8 heteroatoms. The average molecular weight is 396 g/mol. The number of carbonyl (C=O) groups is 1. The standard InChI is InChI=1S/C21H15F3N4O/c1-13-5-7-14(8-6-13)19-16(12-26-28-19)9-15(11-25)20(29)27-18-4-2-3-17(10-18)21(22,23)24/h2-10,12H,1H3,(H,26,28)(H,27,29). The molecular weight excluding hydrogens is 381 g/mol. The molecule has 0 unspecified atom stereocenters. The Morgan fingerprint density at radius 1 is 1.21 bits per heavy atom. The van der Waals surface area contributed by atoms with Gasteiger partial charge in [0, 0.05) is 16.8 Å². The molecule has 146 valence electrons. The first-order valence-electron chi connectivity index (χ1n) is 8.49. The number of anilines is 1. The van der Waals surface area contributed by atoms with Crippen molar-refractivity contribution in [3.8, 4) is 17.3 Å². The SMILES string of the molecule is Cc1ccc(-c2[nH]ncc2C=C(C#N)C(=O)Nc2cccc(C(F)(F)F)c2)cc1. The molecule has 0 atom stereocenters. The second-order valence-corrected chi connectivity index (χ2v) is 6.27. The molecule has 5 nitrogen and oxygen atoms in total. The van der Waals surface area contributed by atoms with Crippen LogP contribution in [0.1, 0.15) is 16.7 Å². The maximum absolute atomic E-state index is 12.8. The number of alkyl halides is 3. The fourth-order valence-corrected chi connectivity index (χ4v) is 2.63. The van der Waals surface area contributed by atoms with Gasteiger partial charge in [-0.05, 0) is 31.2 Å². The van der Waals surface area contributed by atoms with Crippen LogP contribution in [0.2, 0.25) is 0 Å². The molecule has 1 aromatic heterocycles. The van der Waals surface area contributed by atoms with Crippen molar-refractivity contribution in [1.29, 1.82) is 5.26 Å². The van der Waals surface area contributed by atoms with Crippen molar-refractivity contribution >= 4 is 17.7 Å². The first-order valence-corrected chi connectivity index (χ1v) is 8.49. The van der Waals surface area contributed by atoms with Crippen LogP contribution in [-0.2, 0) is 11.0 Å². The lowest BCUT2D eigenvalue weighted by Crippen LogP contribution is -2.14. The summed E-state index contributed by atoms with van der Waals surface area (Å²) in [6.45, 7) is 1.95. The second kappa shape index (κ2) is 8.02. The molecule has 0 saturated heterocycles. The predicted molar refractivity (Wildman–Crippen MR) is 102 cm³/mol. The highest BCUT2D eigenvalue weighted by Gasteiger charge is 2.30. The van der Waals surface area contributed by atoms with Gasteiger partial charge >= 0.3 is 6.18 Å². The maximum atomic E-state index is 12.8. The molecule has 0 fully saturated rings. The topological polar surface area (TPSA) is 81.6 Å². The molecule has 0 aliphatic heterocycles. The van der Waals surface area contributed by atoms with Gasteiger partial charge in [-0.1, -0.05) is 35.9 Å². The quantitative estimate of drug-likeness (QED) is 0.484. The summed E-state index contributed by atoms with van der Waals surface area (Å²) in [4.78, 5) is 12.4. The molecule has 0 spiro atoms. The third-order valence-electron chi connectivity index (χ3n) is 4.12. The van der Waals surface area contributed by atoms with E-state index in [9.17, 15) is 23.2 Å². The van der Waals surface area contributed by atoms with Gasteiger partial charge in [-0.3, -0.25) is 9.89 Å². The van der Waals surface area contributed by atoms with Gasteiger partial charge in [-0.15, -0.1) is 0 Å². The first-order chi connectivity index (χ1) is 13.8. The summed E-state index contributed by atoms with van der Waals surface area (Å²) in [5, 5.41) is 18.5. The minimum absolute atomic E-state index is 0.0584. The zero-order chi connectivity index (χ0) is 21.0. The summed E-state index contributed by atoms with van der Waals surface area (Å²) < 4.78 is 38.5. The van der Waals surface area contributed by atoms with Crippen molar-refractivity contribution in [1.82, 2.24) is 10.2 Å². The summed E-state index contributed by atoms with van der Waals surface area (Å²) in [5.41, 5.74) is 1.79. The Hall–Kier alpha value is -3.86. The molecular formula is C21H15F3N4O. The van der Waals surface area contributed by atoms with Gasteiger partial charge in [0.05, 0.1) is 17.5 Å². The number of aromatic nitrogens is 2. The molecule has 0 radical (unpaired) electrons. The monoisotopic (exact) mass is 396 g/mol. The molecule has 0 bridgehead atoms. The molecule has 0 aliphatic carbocycles. The number of halogens is 3. The Bertz CT molecular complexity index is 1110. The van der Waals surface area contributed by atoms with Gasteiger partial charge in [0.2, 0.25) is 0 Å². The normalized spacial score (nSPS) is 11.8. The van der Waals surface area contributed by atoms with Crippen molar-refractivity contribution in [2.75, 3.05) is 5.32 Å². The summed E-state index contributed by atoms with van der Waals surface area (Å²) in [5.74, 6) is -0.817. The van der Waals surface area contributed by atoms with E-state index in [-0.39, 0.29) is 11.3 Å². The summed E-state index contributed by atoms with van der Waals surface area (Å²) in [7, 11) is 0. The number of carbonyl (C=O) groups excluding carboxylic acids is 1. The van der Waals surface area contributed by atoms with Crippen LogP contribution in [0.3, 0.4) is 0 Å². The highest BCUT2D eigenvalue weighted by molar-refractivity contribution is 6.10. The number of benzene rings is 2. The van der Waals surface area contributed by atoms with Crippen molar-refractivity contribution in [3.63, 3.8) is 0 Å². The van der Waals surface area contributed by atoms with Crippen LogP contribution in [0, 0.1) is 18.3 Å². The molecule has 2 N–H and O–H groups in total. The molecule has 1 heterocycles. The van der Waals surface area contributed by atoms with Gasteiger partial charge in [-0.25, -0.2) is 0 Å². The molecule has 1 amide bonds. The average Bonchev–Trinajstić information content (AvgIpc) is 3.14. The fraction of sp³-hybridized carbons (Fsp3) is 0.0952. The Morgan fingerprint density at radius 2 is 1.93 bits per heavy atom. The summed E-state index contributed by atoms with van der Waals surface area (Å²) >= 11 is 0. The number of hydrogen-bond acceptors (Lipinski definition) is 3. The first kappa shape index (κ1) is 19.9. The van der Waals surface area contributed by atoms with Gasteiger partial charge < -0.3 is 5.32 Å². The van der Waals surface area contributed by atoms with Crippen molar-refractivity contribution in [2.45, 2.75) is 13.1 Å². The maximum Gasteiger partial charge on any atom is 0.416 e. The highest BCUT2D eigenvalue weighted by atomic mass is 19.4. The van der Waals surface area contributed by atoms with E-state index in [4.69, 9.17) is 0 Å². The Labute approximate surface area is 164 Å². The zero-order valence-corrected chi connectivity index (χ0v) is 15.2. The van der Waals surface area contributed by atoms with Crippen LogP contribution in [0.4, 0.5) is 18.9 Å². The van der Waals surface area contributed by atoms with Crippen LogP contribution >= 0.6 is 0 Å². The van der Waals surface area contributed by atoms with Gasteiger partial charge in [0.25, 0.3) is 5.91 Å². The van der Waals surface area contributed by atoms with E-state index in [1.165, 1.54) is 24.4 Å². The van der Waals surface area contributed by atoms with Gasteiger partial charge in [0.15, 0.2) is 0 Å². The highest BCUT2D eigenvalue weighted by Crippen LogP contribution is 2.31. The number of nitrogens with zero attached hydrogens (tertiary/aromatic N) is 2. The largest absolute Gasteiger partial charge is 0.416 e. The molecule has 3 rings (SSSR count). The van der Waals surface area contributed by atoms with E-state index in [2.05, 4.69) is 15.5 Å². The molecule has 0 saturated carbocycles. The lowest BCUT2D eigenvalue weighted by atomic mass is 10.0. The Balaban J connectivity index is 1.86. The van der Waals surface area contributed by atoms with Crippen LogP contribution in [0.25, 0.3) is 17.3 Å². The van der Waals surface area contributed by atoms with Crippen LogP contribution in [-0.4, -0.2) is 16.1 Å². The number of rotatable bonds is 4. The molecule has 0 aliphatic rings. The van der Waals surface area contributed by atoms with Crippen LogP contribution in [0.5, 0.6) is 0 Å². The molecule has 3 aromatic rings. The smallest absolute Gasteiger partial charge is 0.321 e. The van der Waals surface area contributed by atoms with E-state index in [1.807, 2.05) is 31.2 Å². The number of hydrogen-bond donors (Lipinski definition) is 2. The van der Waals surface area contributed by atoms with Crippen molar-refractivity contribution < 1.29 is 18.0 Å². The predicted octanol–water partition coefficient (Wildman–Crippen LogP) is 4.95. The number of aromatic amines is 1. The number of amides is 1. The third kappa shape index (κ3) is 4.71. The molecule has 2 aromatic carbocycles. The van der Waals surface area contributed by atoms with Crippen LogP contribution in [0.15, 0.2) is 60.3 Å². The number of nitrogens with one attached hydrogen (secondary N) is 2. The van der Waals surface area contributed by atoms with Crippen LogP contribution < -0.4 is 5.32 Å². The number of aryl methyl sites for hydroxylation is 1. The van der Waals surface area contributed by atoms with E-state index < -0.39 is 17.6 Å². The number of nitriles is 1. The summed E-state index contributed by atoms with van der Waals surface area (Å²) in [6.07, 6.45) is -1.74. The Kier molecular flexibility index (Phi) is 5.50. The third-order valence-corrected chi connectivity index (χ3v) is 4.12. The zero-order valence-electron chi connectivity index (χ0n) is 15.2.